The highest BCUT2D eigenvalue weighted by Gasteiger charge is 2.08. The number of amides is 1. The van der Waals surface area contributed by atoms with Gasteiger partial charge >= 0.3 is 0 Å². The van der Waals surface area contributed by atoms with E-state index in [1.807, 2.05) is 12.1 Å². The Bertz CT molecular complexity index is 579. The lowest BCUT2D eigenvalue weighted by atomic mass is 10.2. The van der Waals surface area contributed by atoms with Gasteiger partial charge in [0.2, 0.25) is 0 Å². The average molecular weight is 316 g/mol. The molecule has 0 aliphatic heterocycles. The van der Waals surface area contributed by atoms with Crippen LogP contribution in [0, 0.1) is 0 Å². The van der Waals surface area contributed by atoms with E-state index >= 15 is 0 Å². The van der Waals surface area contributed by atoms with Crippen LogP contribution in [-0.2, 0) is 6.54 Å². The quantitative estimate of drug-likeness (QED) is 0.871. The Morgan fingerprint density at radius 3 is 2.21 bits per heavy atom. The standard InChI is InChI=1S/C13H9Cl3N2O/c14-10-3-1-8(2-4-10)7-17-13(19)9-5-11(15)18-12(16)6-9/h1-6H,7H2,(H,17,19). The fourth-order valence-electron chi connectivity index (χ4n) is 1.48. The van der Waals surface area contributed by atoms with Crippen LogP contribution >= 0.6 is 34.8 Å². The molecule has 0 saturated carbocycles. The molecule has 1 N–H and O–H groups in total. The lowest BCUT2D eigenvalue weighted by Gasteiger charge is -2.06. The van der Waals surface area contributed by atoms with Gasteiger partial charge in [-0.1, -0.05) is 46.9 Å². The fourth-order valence-corrected chi connectivity index (χ4v) is 2.07. The highest BCUT2D eigenvalue weighted by molar-refractivity contribution is 6.33. The minimum absolute atomic E-state index is 0.184. The summed E-state index contributed by atoms with van der Waals surface area (Å²) >= 11 is 17.3. The Morgan fingerprint density at radius 2 is 1.63 bits per heavy atom. The summed E-state index contributed by atoms with van der Waals surface area (Å²) in [5.41, 5.74) is 1.32. The van der Waals surface area contributed by atoms with Gasteiger partial charge in [0.05, 0.1) is 0 Å². The highest BCUT2D eigenvalue weighted by atomic mass is 35.5. The van der Waals surface area contributed by atoms with Gasteiger partial charge in [-0.2, -0.15) is 0 Å². The first-order valence-corrected chi connectivity index (χ1v) is 6.54. The Balaban J connectivity index is 2.03. The number of benzene rings is 1. The maximum Gasteiger partial charge on any atom is 0.251 e. The first kappa shape index (κ1) is 14.1. The number of nitrogens with zero attached hydrogens (tertiary/aromatic N) is 1. The van der Waals surface area contributed by atoms with Crippen molar-refractivity contribution in [3.05, 3.63) is 62.9 Å². The first-order chi connectivity index (χ1) is 9.04. The van der Waals surface area contributed by atoms with E-state index in [9.17, 15) is 4.79 Å². The molecule has 0 unspecified atom stereocenters. The van der Waals surface area contributed by atoms with Crippen molar-refractivity contribution in [2.45, 2.75) is 6.54 Å². The normalized spacial score (nSPS) is 10.3. The van der Waals surface area contributed by atoms with Crippen molar-refractivity contribution >= 4 is 40.7 Å². The third-order valence-electron chi connectivity index (χ3n) is 2.39. The van der Waals surface area contributed by atoms with E-state index < -0.39 is 0 Å². The number of pyridine rings is 1. The highest BCUT2D eigenvalue weighted by Crippen LogP contribution is 2.15. The van der Waals surface area contributed by atoms with Gasteiger partial charge in [-0.15, -0.1) is 0 Å². The first-order valence-electron chi connectivity index (χ1n) is 5.40. The predicted molar refractivity (Wildman–Crippen MR) is 76.9 cm³/mol. The number of nitrogens with one attached hydrogen (secondary N) is 1. The van der Waals surface area contributed by atoms with Crippen LogP contribution in [0.4, 0.5) is 0 Å². The summed E-state index contributed by atoms with van der Waals surface area (Å²) in [4.78, 5) is 15.7. The van der Waals surface area contributed by atoms with Gasteiger partial charge in [0.25, 0.3) is 5.91 Å². The van der Waals surface area contributed by atoms with Crippen molar-refractivity contribution in [2.24, 2.45) is 0 Å². The van der Waals surface area contributed by atoms with E-state index in [-0.39, 0.29) is 16.2 Å². The SMILES string of the molecule is O=C(NCc1ccc(Cl)cc1)c1cc(Cl)nc(Cl)c1. The van der Waals surface area contributed by atoms with Crippen molar-refractivity contribution in [2.75, 3.05) is 0 Å². The number of carbonyl (C=O) groups excluding carboxylic acids is 1. The molecule has 19 heavy (non-hydrogen) atoms. The molecule has 0 aliphatic carbocycles. The van der Waals surface area contributed by atoms with Crippen molar-refractivity contribution < 1.29 is 4.79 Å². The molecule has 0 spiro atoms. The molecule has 98 valence electrons. The summed E-state index contributed by atoms with van der Waals surface area (Å²) in [7, 11) is 0. The summed E-state index contributed by atoms with van der Waals surface area (Å²) < 4.78 is 0. The number of carbonyl (C=O) groups is 1. The Labute approximate surface area is 125 Å². The minimum atomic E-state index is -0.263. The lowest BCUT2D eigenvalue weighted by molar-refractivity contribution is 0.0951. The maximum atomic E-state index is 11.9. The summed E-state index contributed by atoms with van der Waals surface area (Å²) in [6.45, 7) is 0.396. The molecule has 1 aromatic heterocycles. The van der Waals surface area contributed by atoms with Crippen LogP contribution in [0.25, 0.3) is 0 Å². The third-order valence-corrected chi connectivity index (χ3v) is 3.03. The number of hydrogen-bond donors (Lipinski definition) is 1. The molecule has 6 heteroatoms. The molecule has 0 fully saturated rings. The average Bonchev–Trinajstić information content (AvgIpc) is 2.36. The number of aromatic nitrogens is 1. The molecule has 1 heterocycles. The number of rotatable bonds is 3. The number of hydrogen-bond acceptors (Lipinski definition) is 2. The smallest absolute Gasteiger partial charge is 0.251 e. The van der Waals surface area contributed by atoms with Gasteiger partial charge < -0.3 is 5.32 Å². The topological polar surface area (TPSA) is 42.0 Å². The molecule has 2 aromatic rings. The van der Waals surface area contributed by atoms with E-state index in [0.717, 1.165) is 5.56 Å². The van der Waals surface area contributed by atoms with Crippen molar-refractivity contribution in [1.82, 2.24) is 10.3 Å². The Kier molecular flexibility index (Phi) is 4.64. The van der Waals surface area contributed by atoms with Gasteiger partial charge in [-0.3, -0.25) is 4.79 Å². The number of halogens is 3. The molecule has 0 bridgehead atoms. The van der Waals surface area contributed by atoms with Crippen LogP contribution in [0.2, 0.25) is 15.3 Å². The van der Waals surface area contributed by atoms with Gasteiger partial charge in [0, 0.05) is 17.1 Å². The van der Waals surface area contributed by atoms with Gasteiger partial charge in [0.15, 0.2) is 0 Å². The zero-order valence-electron chi connectivity index (χ0n) is 9.66. The van der Waals surface area contributed by atoms with Gasteiger partial charge in [0.1, 0.15) is 10.3 Å². The zero-order chi connectivity index (χ0) is 13.8. The lowest BCUT2D eigenvalue weighted by Crippen LogP contribution is -2.22. The molecule has 2 rings (SSSR count). The van der Waals surface area contributed by atoms with Crippen LogP contribution in [-0.4, -0.2) is 10.9 Å². The van der Waals surface area contributed by atoms with E-state index in [1.165, 1.54) is 12.1 Å². The molecular weight excluding hydrogens is 307 g/mol. The fraction of sp³-hybridized carbons (Fsp3) is 0.0769. The van der Waals surface area contributed by atoms with Crippen molar-refractivity contribution in [3.63, 3.8) is 0 Å². The largest absolute Gasteiger partial charge is 0.348 e. The summed E-state index contributed by atoms with van der Waals surface area (Å²) in [6, 6.07) is 10.1. The van der Waals surface area contributed by atoms with E-state index in [0.29, 0.717) is 17.1 Å². The molecule has 3 nitrogen and oxygen atoms in total. The summed E-state index contributed by atoms with van der Waals surface area (Å²) in [5.74, 6) is -0.263. The van der Waals surface area contributed by atoms with Crippen molar-refractivity contribution in [1.29, 1.82) is 0 Å². The van der Waals surface area contributed by atoms with Crippen LogP contribution in [0.1, 0.15) is 15.9 Å². The second-order valence-corrected chi connectivity index (χ2v) is 5.02. The molecule has 1 aromatic carbocycles. The zero-order valence-corrected chi connectivity index (χ0v) is 11.9. The van der Waals surface area contributed by atoms with Crippen molar-refractivity contribution in [3.8, 4) is 0 Å². The predicted octanol–water partition coefficient (Wildman–Crippen LogP) is 3.97. The molecule has 0 saturated heterocycles. The molecular formula is C13H9Cl3N2O. The van der Waals surface area contributed by atoms with Gasteiger partial charge in [-0.05, 0) is 29.8 Å². The van der Waals surface area contributed by atoms with Gasteiger partial charge in [-0.25, -0.2) is 4.98 Å². The second-order valence-electron chi connectivity index (χ2n) is 3.81. The van der Waals surface area contributed by atoms with E-state index in [2.05, 4.69) is 10.3 Å². The Hall–Kier alpha value is -1.29. The third kappa shape index (κ3) is 4.10. The van der Waals surface area contributed by atoms with E-state index in [1.54, 1.807) is 12.1 Å². The monoisotopic (exact) mass is 314 g/mol. The second kappa shape index (κ2) is 6.24. The summed E-state index contributed by atoms with van der Waals surface area (Å²) in [5, 5.41) is 3.79. The molecule has 0 radical (unpaired) electrons. The van der Waals surface area contributed by atoms with Crippen LogP contribution in [0.5, 0.6) is 0 Å². The van der Waals surface area contributed by atoms with Crippen LogP contribution in [0.15, 0.2) is 36.4 Å². The van der Waals surface area contributed by atoms with Crippen LogP contribution in [0.3, 0.4) is 0 Å². The van der Waals surface area contributed by atoms with E-state index in [4.69, 9.17) is 34.8 Å². The summed E-state index contributed by atoms with van der Waals surface area (Å²) in [6.07, 6.45) is 0. The molecule has 0 atom stereocenters. The van der Waals surface area contributed by atoms with Crippen LogP contribution < -0.4 is 5.32 Å². The maximum absolute atomic E-state index is 11.9. The molecule has 0 aliphatic rings. The Morgan fingerprint density at radius 1 is 1.05 bits per heavy atom. The minimum Gasteiger partial charge on any atom is -0.348 e. The molecule has 1 amide bonds.